The van der Waals surface area contributed by atoms with E-state index in [9.17, 15) is 4.79 Å². The molecule has 3 nitrogen and oxygen atoms in total. The first-order valence-corrected chi connectivity index (χ1v) is 5.11. The molecule has 1 aliphatic rings. The predicted octanol–water partition coefficient (Wildman–Crippen LogP) is 1.70. The molecule has 0 aromatic carbocycles. The summed E-state index contributed by atoms with van der Waals surface area (Å²) in [6, 6.07) is -0.835. The van der Waals surface area contributed by atoms with Crippen molar-refractivity contribution in [2.75, 3.05) is 0 Å². The van der Waals surface area contributed by atoms with Gasteiger partial charge >= 0.3 is 5.97 Å². The van der Waals surface area contributed by atoms with Gasteiger partial charge in [0.2, 0.25) is 0 Å². The highest BCUT2D eigenvalue weighted by Crippen LogP contribution is 2.38. The van der Waals surface area contributed by atoms with Crippen LogP contribution in [0.2, 0.25) is 0 Å². The maximum absolute atomic E-state index is 10.7. The van der Waals surface area contributed by atoms with Gasteiger partial charge in [0.05, 0.1) is 0 Å². The molecule has 0 bridgehead atoms. The molecule has 1 saturated carbocycles. The van der Waals surface area contributed by atoms with E-state index >= 15 is 0 Å². The van der Waals surface area contributed by atoms with Crippen LogP contribution in [0.15, 0.2) is 0 Å². The van der Waals surface area contributed by atoms with Crippen LogP contribution in [-0.4, -0.2) is 21.9 Å². The Balaban J connectivity index is 0.00000169. The van der Waals surface area contributed by atoms with Gasteiger partial charge in [0.1, 0.15) is 6.04 Å². The van der Waals surface area contributed by atoms with E-state index in [-0.39, 0.29) is 12.4 Å². The van der Waals surface area contributed by atoms with E-state index in [0.717, 1.165) is 25.7 Å². The number of nitrogens with two attached hydrogens (primary N) is 1. The second-order valence-electron chi connectivity index (χ2n) is 4.12. The van der Waals surface area contributed by atoms with Crippen molar-refractivity contribution in [3.05, 3.63) is 0 Å². The number of hydrogen-bond acceptors (Lipinski definition) is 3. The second kappa shape index (κ2) is 5.24. The molecule has 3 unspecified atom stereocenters. The van der Waals surface area contributed by atoms with Crippen molar-refractivity contribution in [3.8, 4) is 0 Å². The first-order chi connectivity index (χ1) is 5.96. The van der Waals surface area contributed by atoms with Crippen LogP contribution >= 0.6 is 25.0 Å². The van der Waals surface area contributed by atoms with Gasteiger partial charge in [-0.25, -0.2) is 0 Å². The minimum atomic E-state index is -0.941. The summed E-state index contributed by atoms with van der Waals surface area (Å²) in [4.78, 5) is 10.7. The van der Waals surface area contributed by atoms with Gasteiger partial charge in [0, 0.05) is 4.75 Å². The van der Waals surface area contributed by atoms with Crippen molar-refractivity contribution in [1.29, 1.82) is 0 Å². The summed E-state index contributed by atoms with van der Waals surface area (Å²) in [5, 5.41) is 8.81. The molecule has 0 aromatic rings. The quantitative estimate of drug-likeness (QED) is 0.643. The van der Waals surface area contributed by atoms with E-state index in [1.807, 2.05) is 0 Å². The number of aliphatic carboxylic acids is 1. The van der Waals surface area contributed by atoms with Crippen molar-refractivity contribution in [2.45, 2.75) is 43.4 Å². The van der Waals surface area contributed by atoms with Gasteiger partial charge in [-0.15, -0.1) is 12.4 Å². The largest absolute Gasteiger partial charge is 0.480 e. The Bertz CT molecular complexity index is 215. The number of carboxylic acid groups (broad SMARTS) is 1. The second-order valence-corrected chi connectivity index (χ2v) is 5.01. The molecule has 0 heterocycles. The zero-order chi connectivity index (χ0) is 10.1. The summed E-state index contributed by atoms with van der Waals surface area (Å²) in [5.74, 6) is -0.402. The van der Waals surface area contributed by atoms with Gasteiger partial charge in [-0.1, -0.05) is 19.8 Å². The third-order valence-electron chi connectivity index (χ3n) is 2.85. The maximum Gasteiger partial charge on any atom is 0.321 e. The van der Waals surface area contributed by atoms with E-state index in [1.54, 1.807) is 0 Å². The summed E-state index contributed by atoms with van der Waals surface area (Å²) in [5.41, 5.74) is 5.61. The lowest BCUT2D eigenvalue weighted by Crippen LogP contribution is -2.51. The molecule has 84 valence electrons. The number of carbonyl (C=O) groups is 1. The van der Waals surface area contributed by atoms with Gasteiger partial charge in [-0.2, -0.15) is 12.6 Å². The molecular formula is C9H18ClNO2S. The standard InChI is InChI=1S/C9H17NO2S.ClH/c1-6-3-2-4-9(13,5-6)7(10)8(11)12;/h6-7,13H,2-5,10H2,1H3,(H,11,12);1H. The average molecular weight is 240 g/mol. The Hall–Kier alpha value is 0.0700. The molecule has 0 saturated heterocycles. The molecule has 1 rings (SSSR count). The molecule has 0 spiro atoms. The summed E-state index contributed by atoms with van der Waals surface area (Å²) < 4.78 is -0.497. The van der Waals surface area contributed by atoms with Gasteiger partial charge < -0.3 is 10.8 Å². The Morgan fingerprint density at radius 2 is 2.29 bits per heavy atom. The first kappa shape index (κ1) is 14.1. The number of halogens is 1. The molecule has 14 heavy (non-hydrogen) atoms. The van der Waals surface area contributed by atoms with Gasteiger partial charge in [0.15, 0.2) is 0 Å². The van der Waals surface area contributed by atoms with E-state index in [1.165, 1.54) is 0 Å². The smallest absolute Gasteiger partial charge is 0.321 e. The summed E-state index contributed by atoms with van der Waals surface area (Å²) in [6.07, 6.45) is 3.82. The summed E-state index contributed by atoms with van der Waals surface area (Å²) >= 11 is 4.44. The van der Waals surface area contributed by atoms with E-state index in [2.05, 4.69) is 19.6 Å². The van der Waals surface area contributed by atoms with Crippen molar-refractivity contribution in [1.82, 2.24) is 0 Å². The van der Waals surface area contributed by atoms with E-state index in [4.69, 9.17) is 10.8 Å². The predicted molar refractivity (Wildman–Crippen MR) is 62.2 cm³/mol. The molecular weight excluding hydrogens is 222 g/mol. The van der Waals surface area contributed by atoms with Crippen molar-refractivity contribution < 1.29 is 9.90 Å². The average Bonchev–Trinajstić information content (AvgIpc) is 2.02. The zero-order valence-corrected chi connectivity index (χ0v) is 9.98. The highest BCUT2D eigenvalue weighted by Gasteiger charge is 2.40. The Morgan fingerprint density at radius 1 is 1.71 bits per heavy atom. The van der Waals surface area contributed by atoms with Crippen LogP contribution in [0.3, 0.4) is 0 Å². The van der Waals surface area contributed by atoms with Crippen molar-refractivity contribution in [2.24, 2.45) is 11.7 Å². The maximum atomic E-state index is 10.7. The number of thiol groups is 1. The van der Waals surface area contributed by atoms with Crippen LogP contribution in [0.25, 0.3) is 0 Å². The Kier molecular flexibility index (Phi) is 5.26. The number of rotatable bonds is 2. The van der Waals surface area contributed by atoms with Gasteiger partial charge in [-0.05, 0) is 18.8 Å². The highest BCUT2D eigenvalue weighted by molar-refractivity contribution is 7.82. The minimum absolute atomic E-state index is 0. The van der Waals surface area contributed by atoms with Crippen LogP contribution in [0, 0.1) is 5.92 Å². The fraction of sp³-hybridized carbons (Fsp3) is 0.889. The van der Waals surface area contributed by atoms with Crippen molar-refractivity contribution in [3.63, 3.8) is 0 Å². The van der Waals surface area contributed by atoms with Gasteiger partial charge in [0.25, 0.3) is 0 Å². The van der Waals surface area contributed by atoms with E-state index < -0.39 is 16.8 Å². The SMILES string of the molecule is CC1CCCC(S)(C(N)C(=O)O)C1.Cl. The fourth-order valence-electron chi connectivity index (χ4n) is 2.08. The molecule has 3 atom stereocenters. The van der Waals surface area contributed by atoms with Crippen LogP contribution < -0.4 is 5.73 Å². The molecule has 0 aliphatic heterocycles. The molecule has 1 aliphatic carbocycles. The molecule has 0 amide bonds. The third-order valence-corrected chi connectivity index (χ3v) is 3.54. The molecule has 0 radical (unpaired) electrons. The lowest BCUT2D eigenvalue weighted by atomic mass is 9.78. The van der Waals surface area contributed by atoms with Crippen molar-refractivity contribution >= 4 is 31.0 Å². The zero-order valence-electron chi connectivity index (χ0n) is 8.27. The van der Waals surface area contributed by atoms with Crippen LogP contribution in [-0.2, 0) is 4.79 Å². The summed E-state index contributed by atoms with van der Waals surface area (Å²) in [7, 11) is 0. The van der Waals surface area contributed by atoms with Crippen LogP contribution in [0.5, 0.6) is 0 Å². The molecule has 1 fully saturated rings. The third kappa shape index (κ3) is 3.04. The van der Waals surface area contributed by atoms with E-state index in [0.29, 0.717) is 5.92 Å². The topological polar surface area (TPSA) is 63.3 Å². The lowest BCUT2D eigenvalue weighted by Gasteiger charge is -2.38. The minimum Gasteiger partial charge on any atom is -0.480 e. The van der Waals surface area contributed by atoms with Gasteiger partial charge in [-0.3, -0.25) is 4.79 Å². The van der Waals surface area contributed by atoms with Crippen LogP contribution in [0.4, 0.5) is 0 Å². The fourth-order valence-corrected chi connectivity index (χ4v) is 2.66. The number of carboxylic acids is 1. The summed E-state index contributed by atoms with van der Waals surface area (Å²) in [6.45, 7) is 2.12. The molecule has 0 aromatic heterocycles. The Labute approximate surface area is 96.3 Å². The molecule has 3 N–H and O–H groups in total. The Morgan fingerprint density at radius 3 is 2.71 bits per heavy atom. The highest BCUT2D eigenvalue weighted by atomic mass is 35.5. The van der Waals surface area contributed by atoms with Crippen LogP contribution in [0.1, 0.15) is 32.6 Å². The monoisotopic (exact) mass is 239 g/mol. The lowest BCUT2D eigenvalue weighted by molar-refractivity contribution is -0.139. The normalized spacial score (nSPS) is 34.4. The number of hydrogen-bond donors (Lipinski definition) is 3. The molecule has 5 heteroatoms. The first-order valence-electron chi connectivity index (χ1n) is 4.66.